The summed E-state index contributed by atoms with van der Waals surface area (Å²) in [5, 5.41) is 5.16. The third kappa shape index (κ3) is 4.56. The van der Waals surface area contributed by atoms with Gasteiger partial charge < -0.3 is 15.4 Å². The van der Waals surface area contributed by atoms with Crippen LogP contribution in [0.5, 0.6) is 5.75 Å². The number of para-hydroxylation sites is 1. The van der Waals surface area contributed by atoms with Gasteiger partial charge in [-0.25, -0.2) is 9.97 Å². The molecule has 0 radical (unpaired) electrons. The van der Waals surface area contributed by atoms with Crippen molar-refractivity contribution in [2.45, 2.75) is 6.18 Å². The first kappa shape index (κ1) is 19.2. The second-order valence-corrected chi connectivity index (χ2v) is 5.62. The van der Waals surface area contributed by atoms with Crippen molar-refractivity contribution in [3.05, 3.63) is 72.1 Å². The lowest BCUT2D eigenvalue weighted by Crippen LogP contribution is -2.18. The molecule has 0 unspecified atom stereocenters. The quantitative estimate of drug-likeness (QED) is 0.673. The molecule has 2 aromatic carbocycles. The summed E-state index contributed by atoms with van der Waals surface area (Å²) < 4.78 is 44.3. The molecule has 3 rings (SSSR count). The predicted molar refractivity (Wildman–Crippen MR) is 97.7 cm³/mol. The Labute approximate surface area is 158 Å². The van der Waals surface area contributed by atoms with Crippen LogP contribution in [0.25, 0.3) is 0 Å². The maximum atomic E-state index is 13.1. The van der Waals surface area contributed by atoms with E-state index in [1.54, 1.807) is 31.4 Å². The van der Waals surface area contributed by atoms with E-state index in [1.807, 2.05) is 0 Å². The van der Waals surface area contributed by atoms with Gasteiger partial charge in [-0.1, -0.05) is 12.1 Å². The standard InChI is InChI=1S/C19H15F3N4O2/c1-28-13-8-6-12(7-9-13)24-18-23-11-10-16(26-18)17(27)25-15-5-3-2-4-14(15)19(20,21)22/h2-11H,1H3,(H,25,27)(H,23,24,26). The van der Waals surface area contributed by atoms with Gasteiger partial charge in [-0.05, 0) is 42.5 Å². The highest BCUT2D eigenvalue weighted by Gasteiger charge is 2.33. The van der Waals surface area contributed by atoms with Gasteiger partial charge in [0.2, 0.25) is 5.95 Å². The summed E-state index contributed by atoms with van der Waals surface area (Å²) in [5.74, 6) is 0.0155. The van der Waals surface area contributed by atoms with Crippen LogP contribution in [0.2, 0.25) is 0 Å². The number of halogens is 3. The number of amides is 1. The second kappa shape index (κ2) is 7.95. The third-order valence-electron chi connectivity index (χ3n) is 3.72. The molecule has 0 fully saturated rings. The number of benzene rings is 2. The molecular weight excluding hydrogens is 373 g/mol. The largest absolute Gasteiger partial charge is 0.497 e. The average Bonchev–Trinajstić information content (AvgIpc) is 2.68. The van der Waals surface area contributed by atoms with Crippen molar-refractivity contribution in [1.29, 1.82) is 0 Å². The maximum Gasteiger partial charge on any atom is 0.418 e. The number of anilines is 3. The monoisotopic (exact) mass is 388 g/mol. The fourth-order valence-electron chi connectivity index (χ4n) is 2.37. The van der Waals surface area contributed by atoms with Crippen molar-refractivity contribution in [3.8, 4) is 5.75 Å². The summed E-state index contributed by atoms with van der Waals surface area (Å²) in [4.78, 5) is 20.4. The number of nitrogens with one attached hydrogen (secondary N) is 2. The average molecular weight is 388 g/mol. The topological polar surface area (TPSA) is 76.1 Å². The van der Waals surface area contributed by atoms with E-state index in [9.17, 15) is 18.0 Å². The Morgan fingerprint density at radius 2 is 1.75 bits per heavy atom. The molecule has 0 aliphatic heterocycles. The molecule has 0 aliphatic carbocycles. The lowest BCUT2D eigenvalue weighted by Gasteiger charge is -2.13. The van der Waals surface area contributed by atoms with Crippen LogP contribution >= 0.6 is 0 Å². The number of rotatable bonds is 5. The first-order valence-corrected chi connectivity index (χ1v) is 8.08. The lowest BCUT2D eigenvalue weighted by atomic mass is 10.1. The van der Waals surface area contributed by atoms with Gasteiger partial charge in [-0.2, -0.15) is 13.2 Å². The summed E-state index contributed by atoms with van der Waals surface area (Å²) in [7, 11) is 1.55. The number of ether oxygens (including phenoxy) is 1. The maximum absolute atomic E-state index is 13.1. The predicted octanol–water partition coefficient (Wildman–Crippen LogP) is 4.50. The number of carbonyl (C=O) groups is 1. The van der Waals surface area contributed by atoms with Gasteiger partial charge in [0.1, 0.15) is 11.4 Å². The van der Waals surface area contributed by atoms with E-state index < -0.39 is 17.6 Å². The molecule has 1 amide bonds. The van der Waals surface area contributed by atoms with Crippen molar-refractivity contribution in [3.63, 3.8) is 0 Å². The number of nitrogens with zero attached hydrogens (tertiary/aromatic N) is 2. The van der Waals surface area contributed by atoms with Crippen molar-refractivity contribution >= 4 is 23.2 Å². The second-order valence-electron chi connectivity index (χ2n) is 5.62. The van der Waals surface area contributed by atoms with E-state index in [-0.39, 0.29) is 17.3 Å². The zero-order valence-corrected chi connectivity index (χ0v) is 14.6. The minimum absolute atomic E-state index is 0.0806. The number of hydrogen-bond donors (Lipinski definition) is 2. The molecule has 144 valence electrons. The molecule has 0 spiro atoms. The molecule has 1 heterocycles. The third-order valence-corrected chi connectivity index (χ3v) is 3.72. The van der Waals surface area contributed by atoms with Crippen molar-refractivity contribution < 1.29 is 22.7 Å². The Morgan fingerprint density at radius 3 is 2.43 bits per heavy atom. The lowest BCUT2D eigenvalue weighted by molar-refractivity contribution is -0.136. The van der Waals surface area contributed by atoms with E-state index in [0.717, 1.165) is 6.07 Å². The van der Waals surface area contributed by atoms with Crippen LogP contribution in [0.15, 0.2) is 60.8 Å². The van der Waals surface area contributed by atoms with Gasteiger partial charge in [-0.3, -0.25) is 4.79 Å². The minimum Gasteiger partial charge on any atom is -0.497 e. The highest BCUT2D eigenvalue weighted by atomic mass is 19.4. The van der Waals surface area contributed by atoms with Gasteiger partial charge in [0.25, 0.3) is 5.91 Å². The van der Waals surface area contributed by atoms with Gasteiger partial charge in [0, 0.05) is 11.9 Å². The molecule has 9 heteroatoms. The fourth-order valence-corrected chi connectivity index (χ4v) is 2.37. The zero-order chi connectivity index (χ0) is 20.1. The zero-order valence-electron chi connectivity index (χ0n) is 14.6. The Bertz CT molecular complexity index is 975. The molecule has 0 aliphatic rings. The van der Waals surface area contributed by atoms with E-state index in [1.165, 1.54) is 30.5 Å². The fraction of sp³-hybridized carbons (Fsp3) is 0.105. The molecule has 1 aromatic heterocycles. The van der Waals surface area contributed by atoms with E-state index in [4.69, 9.17) is 4.74 Å². The van der Waals surface area contributed by atoms with E-state index in [0.29, 0.717) is 11.4 Å². The first-order valence-electron chi connectivity index (χ1n) is 8.08. The van der Waals surface area contributed by atoms with Crippen LogP contribution in [0.1, 0.15) is 16.1 Å². The molecule has 3 aromatic rings. The number of carbonyl (C=O) groups excluding carboxylic acids is 1. The van der Waals surface area contributed by atoms with Crippen molar-refractivity contribution in [2.75, 3.05) is 17.7 Å². The van der Waals surface area contributed by atoms with Crippen molar-refractivity contribution in [2.24, 2.45) is 0 Å². The summed E-state index contributed by atoms with van der Waals surface area (Å²) in [6.45, 7) is 0. The highest BCUT2D eigenvalue weighted by molar-refractivity contribution is 6.03. The summed E-state index contributed by atoms with van der Waals surface area (Å²) >= 11 is 0. The van der Waals surface area contributed by atoms with Gasteiger partial charge in [0.05, 0.1) is 18.4 Å². The molecule has 0 atom stereocenters. The smallest absolute Gasteiger partial charge is 0.418 e. The Morgan fingerprint density at radius 1 is 1.04 bits per heavy atom. The van der Waals surface area contributed by atoms with Gasteiger partial charge >= 0.3 is 6.18 Å². The van der Waals surface area contributed by atoms with E-state index >= 15 is 0 Å². The van der Waals surface area contributed by atoms with Gasteiger partial charge in [-0.15, -0.1) is 0 Å². The molecule has 2 N–H and O–H groups in total. The SMILES string of the molecule is COc1ccc(Nc2nccc(C(=O)Nc3ccccc3C(F)(F)F)n2)cc1. The molecular formula is C19H15F3N4O2. The van der Waals surface area contributed by atoms with Crippen LogP contribution in [-0.4, -0.2) is 23.0 Å². The Kier molecular flexibility index (Phi) is 5.44. The highest BCUT2D eigenvalue weighted by Crippen LogP contribution is 2.34. The molecule has 6 nitrogen and oxygen atoms in total. The van der Waals surface area contributed by atoms with Crippen LogP contribution in [0.4, 0.5) is 30.5 Å². The van der Waals surface area contributed by atoms with Crippen molar-refractivity contribution in [1.82, 2.24) is 9.97 Å². The first-order chi connectivity index (χ1) is 13.4. The number of methoxy groups -OCH3 is 1. The van der Waals surface area contributed by atoms with Crippen LogP contribution in [0, 0.1) is 0 Å². The van der Waals surface area contributed by atoms with Crippen LogP contribution in [-0.2, 0) is 6.18 Å². The van der Waals surface area contributed by atoms with Gasteiger partial charge in [0.15, 0.2) is 0 Å². The number of aromatic nitrogens is 2. The van der Waals surface area contributed by atoms with Crippen LogP contribution < -0.4 is 15.4 Å². The number of alkyl halides is 3. The molecule has 0 saturated carbocycles. The number of hydrogen-bond acceptors (Lipinski definition) is 5. The summed E-state index contributed by atoms with van der Waals surface area (Å²) in [5.41, 5.74) is -0.707. The Balaban J connectivity index is 1.77. The minimum atomic E-state index is -4.59. The Hall–Kier alpha value is -3.62. The normalized spacial score (nSPS) is 11.0. The summed E-state index contributed by atoms with van der Waals surface area (Å²) in [6, 6.07) is 13.0. The molecule has 28 heavy (non-hydrogen) atoms. The van der Waals surface area contributed by atoms with E-state index in [2.05, 4.69) is 20.6 Å². The molecule has 0 bridgehead atoms. The molecule has 0 saturated heterocycles. The van der Waals surface area contributed by atoms with Crippen LogP contribution in [0.3, 0.4) is 0 Å². The summed E-state index contributed by atoms with van der Waals surface area (Å²) in [6.07, 6.45) is -3.25.